The van der Waals surface area contributed by atoms with E-state index in [4.69, 9.17) is 14.9 Å². The molecule has 0 radical (unpaired) electrons. The van der Waals surface area contributed by atoms with Crippen molar-refractivity contribution in [3.63, 3.8) is 0 Å². The third kappa shape index (κ3) is 4.71. The van der Waals surface area contributed by atoms with Gasteiger partial charge >= 0.3 is 0 Å². The van der Waals surface area contributed by atoms with Gasteiger partial charge in [-0.05, 0) is 100 Å². The Labute approximate surface area is 199 Å². The molecule has 184 valence electrons. The number of fused-ring (bicyclic) bond motifs is 5. The minimum atomic E-state index is -0.0623. The van der Waals surface area contributed by atoms with Gasteiger partial charge in [0.2, 0.25) is 0 Å². The lowest BCUT2D eigenvalue weighted by atomic mass is 9.47. The molecule has 3 saturated carbocycles. The van der Waals surface area contributed by atoms with Crippen LogP contribution in [-0.4, -0.2) is 52.6 Å². The summed E-state index contributed by atoms with van der Waals surface area (Å²) in [4.78, 5) is 6.01. The molecule has 0 aromatic carbocycles. The van der Waals surface area contributed by atoms with Gasteiger partial charge in [0.25, 0.3) is 0 Å². The van der Waals surface area contributed by atoms with E-state index in [1.165, 1.54) is 38.5 Å². The van der Waals surface area contributed by atoms with Crippen molar-refractivity contribution in [3.8, 4) is 0 Å². The standard InChI is InChI=1S/C19H29NO.C8H14N2O2/c1-18-9-7-13(20)11-12(18)3-4-14-15-5-6-17(21)19(15,2)10-8-16(14)18;1-10(2)6-7-5-9-8(12-7)3-4-11/h11,14-17,20-21H,3-10H2,1-2H3;5,11H,3-4,6H2,1-2H3/t14?,15?,16?,17-,18-,19?;/m0./s1. The highest BCUT2D eigenvalue weighted by atomic mass is 16.4. The van der Waals surface area contributed by atoms with Crippen molar-refractivity contribution in [2.75, 3.05) is 20.7 Å². The molecule has 4 unspecified atom stereocenters. The molecule has 0 aliphatic heterocycles. The van der Waals surface area contributed by atoms with E-state index >= 15 is 0 Å². The Balaban J connectivity index is 0.000000185. The molecule has 4 aliphatic carbocycles. The summed E-state index contributed by atoms with van der Waals surface area (Å²) in [5.41, 5.74) is 2.96. The fourth-order valence-corrected chi connectivity index (χ4v) is 7.50. The van der Waals surface area contributed by atoms with Crippen LogP contribution in [0.15, 0.2) is 22.3 Å². The molecule has 1 heterocycles. The molecule has 5 rings (SSSR count). The third-order valence-electron chi connectivity index (χ3n) is 9.35. The average Bonchev–Trinajstić information content (AvgIpc) is 3.32. The number of aliphatic hydroxyl groups is 2. The van der Waals surface area contributed by atoms with Gasteiger partial charge in [0, 0.05) is 12.1 Å². The first-order valence-electron chi connectivity index (χ1n) is 12.8. The van der Waals surface area contributed by atoms with E-state index < -0.39 is 0 Å². The summed E-state index contributed by atoms with van der Waals surface area (Å²) in [5.74, 6) is 3.80. The maximum absolute atomic E-state index is 10.5. The first kappa shape index (κ1) is 24.6. The average molecular weight is 458 g/mol. The Hall–Kier alpha value is -1.50. The topological polar surface area (TPSA) is 93.6 Å². The quantitative estimate of drug-likeness (QED) is 0.614. The second kappa shape index (κ2) is 9.63. The van der Waals surface area contributed by atoms with E-state index in [0.29, 0.717) is 17.7 Å². The highest BCUT2D eigenvalue weighted by molar-refractivity contribution is 5.94. The van der Waals surface area contributed by atoms with Crippen LogP contribution < -0.4 is 0 Å². The molecule has 0 amide bonds. The molecular weight excluding hydrogens is 414 g/mol. The Morgan fingerprint density at radius 3 is 2.64 bits per heavy atom. The van der Waals surface area contributed by atoms with Gasteiger partial charge in [-0.1, -0.05) is 19.4 Å². The summed E-state index contributed by atoms with van der Waals surface area (Å²) in [6.07, 6.45) is 13.7. The summed E-state index contributed by atoms with van der Waals surface area (Å²) >= 11 is 0. The number of hydrogen-bond donors (Lipinski definition) is 3. The van der Waals surface area contributed by atoms with Crippen molar-refractivity contribution in [1.29, 1.82) is 5.41 Å². The van der Waals surface area contributed by atoms with E-state index in [1.54, 1.807) is 11.8 Å². The van der Waals surface area contributed by atoms with Crippen molar-refractivity contribution >= 4 is 5.71 Å². The predicted octanol–water partition coefficient (Wildman–Crippen LogP) is 4.60. The lowest BCUT2D eigenvalue weighted by Gasteiger charge is -2.57. The number of rotatable bonds is 4. The SMILES string of the molecule is CC12CCC3C(CCC4=CC(=N)CC[C@@]43C)C1CC[C@@H]2O.CN(C)Cc1cnc(CCO)o1. The predicted molar refractivity (Wildman–Crippen MR) is 130 cm³/mol. The number of aliphatic hydroxyl groups excluding tert-OH is 2. The van der Waals surface area contributed by atoms with Crippen LogP contribution in [0.4, 0.5) is 0 Å². The lowest BCUT2D eigenvalue weighted by molar-refractivity contribution is -0.0721. The molecule has 1 aromatic heterocycles. The largest absolute Gasteiger partial charge is 0.444 e. The van der Waals surface area contributed by atoms with Gasteiger partial charge in [-0.25, -0.2) is 4.98 Å². The molecule has 0 bridgehead atoms. The third-order valence-corrected chi connectivity index (χ3v) is 9.35. The van der Waals surface area contributed by atoms with Gasteiger partial charge in [-0.15, -0.1) is 0 Å². The molecule has 6 heteroatoms. The Morgan fingerprint density at radius 2 is 1.91 bits per heavy atom. The molecular formula is C27H43N3O3. The molecule has 3 fully saturated rings. The van der Waals surface area contributed by atoms with E-state index in [2.05, 4.69) is 24.9 Å². The zero-order valence-electron chi connectivity index (χ0n) is 20.9. The number of nitrogens with one attached hydrogen (secondary N) is 1. The molecule has 6 nitrogen and oxygen atoms in total. The molecule has 0 spiro atoms. The summed E-state index contributed by atoms with van der Waals surface area (Å²) in [6, 6.07) is 0. The first-order chi connectivity index (χ1) is 15.7. The number of allylic oxidation sites excluding steroid dienone is 2. The second-order valence-electron chi connectivity index (χ2n) is 11.6. The van der Waals surface area contributed by atoms with E-state index in [9.17, 15) is 5.11 Å². The number of oxazole rings is 1. The number of hydrogen-bond acceptors (Lipinski definition) is 6. The lowest BCUT2D eigenvalue weighted by Crippen LogP contribution is -2.51. The van der Waals surface area contributed by atoms with Crippen molar-refractivity contribution in [1.82, 2.24) is 9.88 Å². The van der Waals surface area contributed by atoms with Crippen LogP contribution in [0.3, 0.4) is 0 Å². The zero-order chi connectivity index (χ0) is 23.8. The normalized spacial score (nSPS) is 37.5. The number of aromatic nitrogens is 1. The van der Waals surface area contributed by atoms with Gasteiger partial charge in [0.15, 0.2) is 5.89 Å². The summed E-state index contributed by atoms with van der Waals surface area (Å²) in [5, 5.41) is 27.1. The molecule has 3 N–H and O–H groups in total. The molecule has 33 heavy (non-hydrogen) atoms. The van der Waals surface area contributed by atoms with Crippen LogP contribution in [-0.2, 0) is 13.0 Å². The maximum Gasteiger partial charge on any atom is 0.196 e. The van der Waals surface area contributed by atoms with E-state index in [1.807, 2.05) is 19.0 Å². The van der Waals surface area contributed by atoms with Crippen LogP contribution in [0.5, 0.6) is 0 Å². The minimum Gasteiger partial charge on any atom is -0.444 e. The number of nitrogens with zero attached hydrogens (tertiary/aromatic N) is 2. The Bertz CT molecular complexity index is 878. The van der Waals surface area contributed by atoms with E-state index in [-0.39, 0.29) is 18.1 Å². The Kier molecular flexibility index (Phi) is 7.18. The van der Waals surface area contributed by atoms with Crippen molar-refractivity contribution in [2.45, 2.75) is 84.3 Å². The van der Waals surface area contributed by atoms with Crippen LogP contribution >= 0.6 is 0 Å². The summed E-state index contributed by atoms with van der Waals surface area (Å²) < 4.78 is 5.32. The van der Waals surface area contributed by atoms with Crippen LogP contribution in [0.25, 0.3) is 0 Å². The van der Waals surface area contributed by atoms with Crippen molar-refractivity contribution in [3.05, 3.63) is 29.5 Å². The summed E-state index contributed by atoms with van der Waals surface area (Å²) in [6.45, 7) is 5.67. The molecule has 0 saturated heterocycles. The molecule has 1 aromatic rings. The van der Waals surface area contributed by atoms with Crippen molar-refractivity contribution in [2.24, 2.45) is 28.6 Å². The Morgan fingerprint density at radius 1 is 1.12 bits per heavy atom. The van der Waals surface area contributed by atoms with Crippen LogP contribution in [0, 0.1) is 34.0 Å². The highest BCUT2D eigenvalue weighted by Gasteiger charge is 2.58. The first-order valence-corrected chi connectivity index (χ1v) is 12.8. The monoisotopic (exact) mass is 457 g/mol. The van der Waals surface area contributed by atoms with Crippen LogP contribution in [0.1, 0.15) is 76.9 Å². The minimum absolute atomic E-state index is 0.0623. The van der Waals surface area contributed by atoms with Gasteiger partial charge in [0.1, 0.15) is 5.76 Å². The van der Waals surface area contributed by atoms with Gasteiger partial charge < -0.3 is 24.9 Å². The van der Waals surface area contributed by atoms with Gasteiger partial charge in [-0.2, -0.15) is 0 Å². The smallest absolute Gasteiger partial charge is 0.196 e. The van der Waals surface area contributed by atoms with E-state index in [0.717, 1.165) is 48.6 Å². The maximum atomic E-state index is 10.5. The van der Waals surface area contributed by atoms with Crippen LogP contribution in [0.2, 0.25) is 0 Å². The second-order valence-corrected chi connectivity index (χ2v) is 11.6. The highest BCUT2D eigenvalue weighted by Crippen LogP contribution is 2.65. The molecule has 6 atom stereocenters. The summed E-state index contributed by atoms with van der Waals surface area (Å²) in [7, 11) is 3.93. The molecule has 4 aliphatic rings. The van der Waals surface area contributed by atoms with Gasteiger partial charge in [0.05, 0.1) is 25.5 Å². The fraction of sp³-hybridized carbons (Fsp3) is 0.778. The van der Waals surface area contributed by atoms with Crippen molar-refractivity contribution < 1.29 is 14.6 Å². The zero-order valence-corrected chi connectivity index (χ0v) is 20.9. The van der Waals surface area contributed by atoms with Gasteiger partial charge in [-0.3, -0.25) is 0 Å². The fourth-order valence-electron chi connectivity index (χ4n) is 7.50.